The van der Waals surface area contributed by atoms with E-state index < -0.39 is 11.1 Å². The summed E-state index contributed by atoms with van der Waals surface area (Å²) >= 11 is 0.681. The Morgan fingerprint density at radius 2 is 2.45 bits per heavy atom. The minimum Gasteiger partial charge on any atom is -0.465 e. The Morgan fingerprint density at radius 3 is 2.82 bits per heavy atom. The third-order valence-corrected chi connectivity index (χ3v) is 2.02. The van der Waals surface area contributed by atoms with E-state index in [4.69, 9.17) is 5.73 Å². The highest BCUT2D eigenvalue weighted by atomic mass is 32.1. The second-order valence-electron chi connectivity index (χ2n) is 1.83. The Labute approximate surface area is 66.6 Å². The van der Waals surface area contributed by atoms with Gasteiger partial charge in [-0.05, 0) is 0 Å². The standard InChI is InChI=1S/C6H6FNO2S/c1-10-6(9)5-3(8)2-4(7)11-5/h2H,8H2,1H3. The van der Waals surface area contributed by atoms with Gasteiger partial charge in [0.25, 0.3) is 0 Å². The van der Waals surface area contributed by atoms with Crippen LogP contribution in [0, 0.1) is 5.13 Å². The largest absolute Gasteiger partial charge is 0.465 e. The zero-order chi connectivity index (χ0) is 8.43. The lowest BCUT2D eigenvalue weighted by Gasteiger charge is -1.93. The molecule has 1 aromatic heterocycles. The molecule has 2 N–H and O–H groups in total. The predicted molar refractivity (Wildman–Crippen MR) is 40.0 cm³/mol. The molecule has 0 spiro atoms. The van der Waals surface area contributed by atoms with Gasteiger partial charge in [0.2, 0.25) is 0 Å². The Kier molecular flexibility index (Phi) is 2.09. The van der Waals surface area contributed by atoms with Crippen LogP contribution < -0.4 is 5.73 Å². The molecule has 0 aliphatic rings. The Hall–Kier alpha value is -1.10. The monoisotopic (exact) mass is 175 g/mol. The molecule has 1 aromatic rings. The number of esters is 1. The summed E-state index contributed by atoms with van der Waals surface area (Å²) in [5.74, 6) is -0.601. The maximum atomic E-state index is 12.4. The molecule has 11 heavy (non-hydrogen) atoms. The Balaban J connectivity index is 3.03. The molecule has 0 aromatic carbocycles. The van der Waals surface area contributed by atoms with Crippen molar-refractivity contribution in [3.63, 3.8) is 0 Å². The van der Waals surface area contributed by atoms with E-state index in [2.05, 4.69) is 4.74 Å². The lowest BCUT2D eigenvalue weighted by Crippen LogP contribution is -2.00. The number of anilines is 1. The van der Waals surface area contributed by atoms with Gasteiger partial charge in [-0.15, -0.1) is 0 Å². The SMILES string of the molecule is COC(=O)c1sc(F)cc1N. The molecule has 1 heterocycles. The minimum absolute atomic E-state index is 0.116. The molecule has 0 unspecified atom stereocenters. The maximum Gasteiger partial charge on any atom is 0.350 e. The summed E-state index contributed by atoms with van der Waals surface area (Å²) in [6.07, 6.45) is 0. The molecule has 60 valence electrons. The molecule has 5 heteroatoms. The van der Waals surface area contributed by atoms with Gasteiger partial charge in [0.15, 0.2) is 5.13 Å². The second kappa shape index (κ2) is 2.87. The van der Waals surface area contributed by atoms with Crippen molar-refractivity contribution >= 4 is 23.0 Å². The summed E-state index contributed by atoms with van der Waals surface area (Å²) in [7, 11) is 1.22. The number of hydrogen-bond acceptors (Lipinski definition) is 4. The van der Waals surface area contributed by atoms with Gasteiger partial charge >= 0.3 is 5.97 Å². The van der Waals surface area contributed by atoms with E-state index in [-0.39, 0.29) is 10.6 Å². The molecule has 1 rings (SSSR count). The van der Waals surface area contributed by atoms with E-state index in [0.717, 1.165) is 6.07 Å². The van der Waals surface area contributed by atoms with Crippen molar-refractivity contribution in [3.8, 4) is 0 Å². The number of nitrogens with two attached hydrogens (primary N) is 1. The summed E-state index contributed by atoms with van der Waals surface area (Å²) in [5.41, 5.74) is 5.41. The lowest BCUT2D eigenvalue weighted by molar-refractivity contribution is 0.0607. The van der Waals surface area contributed by atoms with Crippen molar-refractivity contribution in [1.82, 2.24) is 0 Å². The fourth-order valence-electron chi connectivity index (χ4n) is 0.626. The number of thiophene rings is 1. The van der Waals surface area contributed by atoms with E-state index in [0.29, 0.717) is 11.3 Å². The number of rotatable bonds is 1. The lowest BCUT2D eigenvalue weighted by atomic mass is 10.4. The number of ether oxygens (including phenoxy) is 1. The molecule has 0 saturated carbocycles. The predicted octanol–water partition coefficient (Wildman–Crippen LogP) is 1.26. The molecule has 0 bridgehead atoms. The molecular formula is C6H6FNO2S. The number of carbonyl (C=O) groups is 1. The van der Waals surface area contributed by atoms with Crippen LogP contribution in [-0.4, -0.2) is 13.1 Å². The van der Waals surface area contributed by atoms with Gasteiger partial charge in [0, 0.05) is 6.07 Å². The highest BCUT2D eigenvalue weighted by Crippen LogP contribution is 2.23. The van der Waals surface area contributed by atoms with Gasteiger partial charge in [-0.2, -0.15) is 4.39 Å². The van der Waals surface area contributed by atoms with Gasteiger partial charge in [0.1, 0.15) is 4.88 Å². The molecule has 0 saturated heterocycles. The van der Waals surface area contributed by atoms with Crippen molar-refractivity contribution in [2.45, 2.75) is 0 Å². The van der Waals surface area contributed by atoms with Gasteiger partial charge in [-0.1, -0.05) is 11.3 Å². The smallest absolute Gasteiger partial charge is 0.350 e. The molecular weight excluding hydrogens is 169 g/mol. The first-order valence-electron chi connectivity index (χ1n) is 2.78. The number of halogens is 1. The molecule has 0 atom stereocenters. The Morgan fingerprint density at radius 1 is 1.82 bits per heavy atom. The Bertz CT molecular complexity index is 284. The summed E-state index contributed by atoms with van der Waals surface area (Å²) in [4.78, 5) is 10.9. The summed E-state index contributed by atoms with van der Waals surface area (Å²) in [6.45, 7) is 0. The van der Waals surface area contributed by atoms with Crippen molar-refractivity contribution in [1.29, 1.82) is 0 Å². The molecule has 0 aliphatic carbocycles. The van der Waals surface area contributed by atoms with Crippen LogP contribution in [0.25, 0.3) is 0 Å². The van der Waals surface area contributed by atoms with Crippen molar-refractivity contribution in [2.24, 2.45) is 0 Å². The van der Waals surface area contributed by atoms with Crippen LogP contribution in [0.1, 0.15) is 9.67 Å². The van der Waals surface area contributed by atoms with Crippen LogP contribution in [-0.2, 0) is 4.74 Å². The molecule has 0 radical (unpaired) electrons. The van der Waals surface area contributed by atoms with Crippen LogP contribution in [0.15, 0.2) is 6.07 Å². The summed E-state index contributed by atoms with van der Waals surface area (Å²) < 4.78 is 16.8. The van der Waals surface area contributed by atoms with Crippen LogP contribution >= 0.6 is 11.3 Å². The number of methoxy groups -OCH3 is 1. The first kappa shape index (κ1) is 8.00. The van der Waals surface area contributed by atoms with Gasteiger partial charge in [-0.25, -0.2) is 4.79 Å². The third kappa shape index (κ3) is 1.48. The molecule has 0 fully saturated rings. The topological polar surface area (TPSA) is 52.3 Å². The number of hydrogen-bond donors (Lipinski definition) is 1. The van der Waals surface area contributed by atoms with Gasteiger partial charge in [0.05, 0.1) is 12.8 Å². The zero-order valence-electron chi connectivity index (χ0n) is 5.76. The maximum absolute atomic E-state index is 12.4. The van der Waals surface area contributed by atoms with E-state index in [1.807, 2.05) is 0 Å². The van der Waals surface area contributed by atoms with Crippen molar-refractivity contribution < 1.29 is 13.9 Å². The average molecular weight is 175 g/mol. The van der Waals surface area contributed by atoms with E-state index >= 15 is 0 Å². The quantitative estimate of drug-likeness (QED) is 0.653. The van der Waals surface area contributed by atoms with Crippen LogP contribution in [0.5, 0.6) is 0 Å². The minimum atomic E-state index is -0.601. The average Bonchev–Trinajstić information content (AvgIpc) is 2.28. The fraction of sp³-hybridized carbons (Fsp3) is 0.167. The van der Waals surface area contributed by atoms with Crippen LogP contribution in [0.2, 0.25) is 0 Å². The van der Waals surface area contributed by atoms with Crippen molar-refractivity contribution in [2.75, 3.05) is 12.8 Å². The van der Waals surface area contributed by atoms with E-state index in [1.165, 1.54) is 7.11 Å². The normalized spacial score (nSPS) is 9.64. The molecule has 0 amide bonds. The van der Waals surface area contributed by atoms with E-state index in [9.17, 15) is 9.18 Å². The molecule has 0 aliphatic heterocycles. The fourth-order valence-corrected chi connectivity index (χ4v) is 1.35. The summed E-state index contributed by atoms with van der Waals surface area (Å²) in [6, 6.07) is 1.09. The second-order valence-corrected chi connectivity index (χ2v) is 2.83. The summed E-state index contributed by atoms with van der Waals surface area (Å²) in [5, 5.41) is -0.483. The first-order chi connectivity index (χ1) is 5.15. The van der Waals surface area contributed by atoms with Crippen LogP contribution in [0.3, 0.4) is 0 Å². The highest BCUT2D eigenvalue weighted by molar-refractivity contribution is 7.13. The first-order valence-corrected chi connectivity index (χ1v) is 3.60. The van der Waals surface area contributed by atoms with Gasteiger partial charge in [-0.3, -0.25) is 0 Å². The third-order valence-electron chi connectivity index (χ3n) is 1.10. The van der Waals surface area contributed by atoms with E-state index in [1.54, 1.807) is 0 Å². The van der Waals surface area contributed by atoms with Gasteiger partial charge < -0.3 is 10.5 Å². The molecule has 3 nitrogen and oxygen atoms in total. The zero-order valence-corrected chi connectivity index (χ0v) is 6.57. The van der Waals surface area contributed by atoms with Crippen molar-refractivity contribution in [3.05, 3.63) is 16.1 Å². The van der Waals surface area contributed by atoms with Crippen LogP contribution in [0.4, 0.5) is 10.1 Å². The highest BCUT2D eigenvalue weighted by Gasteiger charge is 2.13. The number of nitrogen functional groups attached to an aromatic ring is 1. The number of carbonyl (C=O) groups excluding carboxylic acids is 1.